The zero-order chi connectivity index (χ0) is 20.5. The molecule has 1 amide bonds. The molecule has 4 rings (SSSR count). The van der Waals surface area contributed by atoms with Crippen LogP contribution in [0.4, 0.5) is 18.6 Å². The van der Waals surface area contributed by atoms with Crippen LogP contribution in [0.25, 0.3) is 21.6 Å². The lowest BCUT2D eigenvalue weighted by atomic mass is 10.2. The molecule has 2 aromatic heterocycles. The molecule has 0 aliphatic rings. The maximum Gasteiger partial charge on any atom is 0.412 e. The molecule has 29 heavy (non-hydrogen) atoms. The average molecular weight is 414 g/mol. The van der Waals surface area contributed by atoms with Crippen LogP contribution in [0.1, 0.15) is 11.3 Å². The fourth-order valence-electron chi connectivity index (χ4n) is 2.84. The number of thiazole rings is 1. The Kier molecular flexibility index (Phi) is 4.98. The third kappa shape index (κ3) is 3.95. The molecule has 0 atom stereocenters. The number of anilines is 1. The van der Waals surface area contributed by atoms with E-state index in [4.69, 9.17) is 4.74 Å². The molecule has 4 aromatic rings. The quantitative estimate of drug-likeness (QED) is 0.508. The second-order valence-corrected chi connectivity index (χ2v) is 7.44. The van der Waals surface area contributed by atoms with Gasteiger partial charge in [0.25, 0.3) is 0 Å². The highest BCUT2D eigenvalue weighted by atomic mass is 32.1. The summed E-state index contributed by atoms with van der Waals surface area (Å²) < 4.78 is 34.2. The maximum atomic E-state index is 14.0. The largest absolute Gasteiger partial charge is 0.444 e. The van der Waals surface area contributed by atoms with Crippen molar-refractivity contribution in [3.8, 4) is 10.6 Å². The highest BCUT2D eigenvalue weighted by Crippen LogP contribution is 2.33. The molecule has 6 nitrogen and oxygen atoms in total. The van der Waals surface area contributed by atoms with Gasteiger partial charge in [-0.05, 0) is 36.8 Å². The third-order valence-electron chi connectivity index (χ3n) is 4.33. The van der Waals surface area contributed by atoms with E-state index in [1.54, 1.807) is 13.3 Å². The number of imidazole rings is 1. The summed E-state index contributed by atoms with van der Waals surface area (Å²) in [6, 6.07) is 8.91. The number of carbonyl (C=O) groups is 1. The molecule has 0 aliphatic heterocycles. The summed E-state index contributed by atoms with van der Waals surface area (Å²) in [7, 11) is 1.91. The van der Waals surface area contributed by atoms with E-state index in [0.717, 1.165) is 40.1 Å². The van der Waals surface area contributed by atoms with Crippen molar-refractivity contribution >= 4 is 33.5 Å². The number of halogens is 2. The fraction of sp³-hybridized carbons (Fsp3) is 0.150. The topological polar surface area (TPSA) is 69.0 Å². The van der Waals surface area contributed by atoms with Crippen molar-refractivity contribution in [1.82, 2.24) is 14.5 Å². The second-order valence-electron chi connectivity index (χ2n) is 6.44. The maximum absolute atomic E-state index is 14.0. The Morgan fingerprint density at radius 2 is 2.07 bits per heavy atom. The summed E-state index contributed by atoms with van der Waals surface area (Å²) >= 11 is 1.09. The number of fused-ring (bicyclic) bond motifs is 1. The summed E-state index contributed by atoms with van der Waals surface area (Å²) in [5.74, 6) is -1.37. The zero-order valence-electron chi connectivity index (χ0n) is 15.6. The molecule has 0 fully saturated rings. The van der Waals surface area contributed by atoms with Gasteiger partial charge in [0.2, 0.25) is 0 Å². The van der Waals surface area contributed by atoms with Crippen molar-refractivity contribution in [3.05, 3.63) is 65.6 Å². The molecule has 0 radical (unpaired) electrons. The van der Waals surface area contributed by atoms with E-state index in [1.165, 1.54) is 6.07 Å². The van der Waals surface area contributed by atoms with Gasteiger partial charge in [-0.1, -0.05) is 17.4 Å². The number of rotatable bonds is 4. The smallest absolute Gasteiger partial charge is 0.412 e. The number of aromatic nitrogens is 3. The first-order valence-electron chi connectivity index (χ1n) is 8.67. The summed E-state index contributed by atoms with van der Waals surface area (Å²) in [4.78, 5) is 20.7. The predicted molar refractivity (Wildman–Crippen MR) is 107 cm³/mol. The van der Waals surface area contributed by atoms with Crippen LogP contribution in [0, 0.1) is 18.6 Å². The van der Waals surface area contributed by atoms with Crippen LogP contribution in [0.2, 0.25) is 0 Å². The van der Waals surface area contributed by atoms with E-state index in [0.29, 0.717) is 15.7 Å². The Morgan fingerprint density at radius 1 is 1.24 bits per heavy atom. The van der Waals surface area contributed by atoms with Gasteiger partial charge in [-0.2, -0.15) is 0 Å². The molecule has 148 valence electrons. The van der Waals surface area contributed by atoms with Gasteiger partial charge in [0, 0.05) is 18.7 Å². The fourth-order valence-corrected chi connectivity index (χ4v) is 3.82. The van der Waals surface area contributed by atoms with E-state index in [-0.39, 0.29) is 12.2 Å². The zero-order valence-corrected chi connectivity index (χ0v) is 16.4. The van der Waals surface area contributed by atoms with Crippen LogP contribution in [0.5, 0.6) is 0 Å². The van der Waals surface area contributed by atoms with Crippen LogP contribution in [0.15, 0.2) is 42.7 Å². The van der Waals surface area contributed by atoms with Crippen molar-refractivity contribution in [2.75, 3.05) is 5.32 Å². The van der Waals surface area contributed by atoms with E-state index < -0.39 is 17.7 Å². The number of nitrogens with one attached hydrogen (secondary N) is 1. The van der Waals surface area contributed by atoms with Gasteiger partial charge < -0.3 is 9.30 Å². The van der Waals surface area contributed by atoms with Gasteiger partial charge >= 0.3 is 6.09 Å². The summed E-state index contributed by atoms with van der Waals surface area (Å²) in [6.45, 7) is 1.77. The Balaban J connectivity index is 1.43. The molecule has 2 aromatic carbocycles. The van der Waals surface area contributed by atoms with Gasteiger partial charge in [0.15, 0.2) is 0 Å². The SMILES string of the molecule is Cc1nc(-c2ccc(F)cc2F)sc1NC(=O)OCc1ccc2c(c1)ncn2C. The summed E-state index contributed by atoms with van der Waals surface area (Å²) in [6.07, 6.45) is 1.07. The summed E-state index contributed by atoms with van der Waals surface area (Å²) in [5.41, 5.74) is 3.30. The number of carbonyl (C=O) groups excluding carboxylic acids is 1. The molecule has 0 aliphatic carbocycles. The van der Waals surface area contributed by atoms with Gasteiger partial charge in [0.05, 0.1) is 23.1 Å². The van der Waals surface area contributed by atoms with E-state index in [9.17, 15) is 13.6 Å². The lowest BCUT2D eigenvalue weighted by molar-refractivity contribution is 0.155. The van der Waals surface area contributed by atoms with Crippen LogP contribution in [-0.4, -0.2) is 20.6 Å². The van der Waals surface area contributed by atoms with Crippen LogP contribution in [-0.2, 0) is 18.4 Å². The number of aryl methyl sites for hydroxylation is 2. The number of amides is 1. The highest BCUT2D eigenvalue weighted by Gasteiger charge is 2.16. The average Bonchev–Trinajstić information content (AvgIpc) is 3.23. The molecule has 9 heteroatoms. The van der Waals surface area contributed by atoms with Crippen LogP contribution < -0.4 is 5.32 Å². The van der Waals surface area contributed by atoms with Gasteiger partial charge in [-0.25, -0.2) is 23.5 Å². The highest BCUT2D eigenvalue weighted by molar-refractivity contribution is 7.19. The van der Waals surface area contributed by atoms with Gasteiger partial charge in [-0.3, -0.25) is 5.32 Å². The molecule has 2 heterocycles. The Morgan fingerprint density at radius 3 is 2.86 bits per heavy atom. The molecule has 0 saturated heterocycles. The molecule has 0 spiro atoms. The van der Waals surface area contributed by atoms with Crippen molar-refractivity contribution < 1.29 is 18.3 Å². The van der Waals surface area contributed by atoms with Crippen LogP contribution in [0.3, 0.4) is 0 Å². The first kappa shape index (κ1) is 19.0. The minimum absolute atomic E-state index is 0.0790. The Bertz CT molecular complexity index is 1220. The molecule has 1 N–H and O–H groups in total. The normalized spacial score (nSPS) is 11.0. The minimum atomic E-state index is -0.710. The van der Waals surface area contributed by atoms with Gasteiger partial charge in [-0.15, -0.1) is 0 Å². The molecular formula is C20H16F2N4O2S. The predicted octanol–water partition coefficient (Wildman–Crippen LogP) is 5.03. The number of benzene rings is 2. The third-order valence-corrected chi connectivity index (χ3v) is 5.44. The molecule has 0 bridgehead atoms. The Labute approximate surface area is 168 Å². The van der Waals surface area contributed by atoms with Crippen molar-refractivity contribution in [3.63, 3.8) is 0 Å². The van der Waals surface area contributed by atoms with Crippen molar-refractivity contribution in [2.45, 2.75) is 13.5 Å². The second kappa shape index (κ2) is 7.59. The number of hydrogen-bond donors (Lipinski definition) is 1. The first-order valence-corrected chi connectivity index (χ1v) is 9.49. The Hall–Kier alpha value is -3.33. The minimum Gasteiger partial charge on any atom is -0.444 e. The first-order chi connectivity index (χ1) is 13.9. The van der Waals surface area contributed by atoms with Crippen molar-refractivity contribution in [2.24, 2.45) is 7.05 Å². The number of nitrogens with zero attached hydrogens (tertiary/aromatic N) is 3. The number of hydrogen-bond acceptors (Lipinski definition) is 5. The summed E-state index contributed by atoms with van der Waals surface area (Å²) in [5, 5.41) is 3.40. The van der Waals surface area contributed by atoms with E-state index >= 15 is 0 Å². The molecule has 0 saturated carbocycles. The number of ether oxygens (including phenoxy) is 1. The monoisotopic (exact) mass is 414 g/mol. The lowest BCUT2D eigenvalue weighted by Gasteiger charge is -2.06. The molecule has 0 unspecified atom stereocenters. The van der Waals surface area contributed by atoms with Crippen molar-refractivity contribution in [1.29, 1.82) is 0 Å². The van der Waals surface area contributed by atoms with Crippen LogP contribution >= 0.6 is 11.3 Å². The standard InChI is InChI=1S/C20H16F2N4O2S/c1-11-18(29-19(24-11)14-5-4-13(21)8-15(14)22)25-20(27)28-9-12-3-6-17-16(7-12)23-10-26(17)2/h3-8,10H,9H2,1-2H3,(H,25,27). The van der Waals surface area contributed by atoms with E-state index in [2.05, 4.69) is 15.3 Å². The van der Waals surface area contributed by atoms with Gasteiger partial charge in [0.1, 0.15) is 28.3 Å². The molecular weight excluding hydrogens is 398 g/mol. The lowest BCUT2D eigenvalue weighted by Crippen LogP contribution is -2.13. The van der Waals surface area contributed by atoms with E-state index in [1.807, 2.05) is 29.8 Å².